The van der Waals surface area contributed by atoms with Gasteiger partial charge in [-0.2, -0.15) is 0 Å². The number of rotatable bonds is 6. The molecule has 3 aromatic rings. The van der Waals surface area contributed by atoms with Crippen LogP contribution >= 0.6 is 46.4 Å². The first-order valence-corrected chi connectivity index (χ1v) is 12.1. The summed E-state index contributed by atoms with van der Waals surface area (Å²) in [5, 5.41) is 5.56. The summed E-state index contributed by atoms with van der Waals surface area (Å²) in [6.45, 7) is 5.71. The van der Waals surface area contributed by atoms with Crippen LogP contribution in [0, 0.1) is 17.6 Å². The second-order valence-corrected chi connectivity index (χ2v) is 10.7. The zero-order chi connectivity index (χ0) is 26.4. The summed E-state index contributed by atoms with van der Waals surface area (Å²) in [4.78, 5) is 25.7. The van der Waals surface area contributed by atoms with Crippen LogP contribution in [0.25, 0.3) is 5.57 Å². The molecule has 2 N–H and O–H groups in total. The number of carbonyl (C=O) groups is 2. The van der Waals surface area contributed by atoms with E-state index in [0.29, 0.717) is 16.7 Å². The monoisotopic (exact) mass is 568 g/mol. The molecule has 1 aliphatic rings. The minimum atomic E-state index is -1.36. The van der Waals surface area contributed by atoms with E-state index in [9.17, 15) is 18.4 Å². The van der Waals surface area contributed by atoms with Crippen molar-refractivity contribution in [1.29, 1.82) is 0 Å². The molecule has 0 saturated heterocycles. The summed E-state index contributed by atoms with van der Waals surface area (Å²) in [6, 6.07) is 12.3. The van der Waals surface area contributed by atoms with Gasteiger partial charge < -0.3 is 10.6 Å². The van der Waals surface area contributed by atoms with Crippen molar-refractivity contribution in [2.45, 2.75) is 17.2 Å². The molecule has 0 bridgehead atoms. The van der Waals surface area contributed by atoms with Gasteiger partial charge in [0.1, 0.15) is 16.0 Å². The Hall–Kier alpha value is -2.64. The van der Waals surface area contributed by atoms with Gasteiger partial charge in [-0.25, -0.2) is 8.78 Å². The average Bonchev–Trinajstić information content (AvgIpc) is 3.38. The number of allylic oxidation sites excluding steroid dienone is 1. The normalized spacial score (nSPS) is 17.9. The number of alkyl halides is 2. The third kappa shape index (κ3) is 5.23. The number of hydrogen-bond acceptors (Lipinski definition) is 2. The van der Waals surface area contributed by atoms with Crippen LogP contribution in [0.2, 0.25) is 10.0 Å². The van der Waals surface area contributed by atoms with Gasteiger partial charge in [0, 0.05) is 22.7 Å². The van der Waals surface area contributed by atoms with Crippen molar-refractivity contribution < 1.29 is 18.4 Å². The van der Waals surface area contributed by atoms with Crippen molar-refractivity contribution in [2.75, 3.05) is 10.6 Å². The van der Waals surface area contributed by atoms with Crippen LogP contribution in [0.3, 0.4) is 0 Å². The Labute approximate surface area is 226 Å². The molecule has 186 valence electrons. The second-order valence-electron chi connectivity index (χ2n) is 8.41. The van der Waals surface area contributed by atoms with Crippen LogP contribution in [-0.2, 0) is 4.79 Å². The topological polar surface area (TPSA) is 58.2 Å². The van der Waals surface area contributed by atoms with Crippen LogP contribution in [0.15, 0.2) is 61.2 Å². The number of hydrogen-bond donors (Lipinski definition) is 2. The van der Waals surface area contributed by atoms with Crippen LogP contribution in [0.5, 0.6) is 0 Å². The van der Waals surface area contributed by atoms with Crippen LogP contribution in [0.1, 0.15) is 34.3 Å². The molecule has 0 aromatic heterocycles. The highest BCUT2D eigenvalue weighted by atomic mass is 35.5. The molecular formula is C26H18Cl4F2N2O2. The van der Waals surface area contributed by atoms with E-state index in [1.165, 1.54) is 18.2 Å². The predicted octanol–water partition coefficient (Wildman–Crippen LogP) is 8.08. The third-order valence-corrected chi connectivity index (χ3v) is 7.39. The highest BCUT2D eigenvalue weighted by Crippen LogP contribution is 2.65. The van der Waals surface area contributed by atoms with Crippen molar-refractivity contribution in [3.8, 4) is 0 Å². The highest BCUT2D eigenvalue weighted by molar-refractivity contribution is 6.53. The first-order chi connectivity index (χ1) is 16.9. The maximum atomic E-state index is 13.9. The summed E-state index contributed by atoms with van der Waals surface area (Å²) in [5.74, 6) is -4.23. The SMILES string of the molecule is C=C(C)c1ccc(C2C(C(=O)Nc3ccc(Cl)c(C(=O)Nc4ccc(F)cc4F)c3)C2(Cl)Cl)cc1Cl. The largest absolute Gasteiger partial charge is 0.326 e. The molecule has 36 heavy (non-hydrogen) atoms. The molecular weight excluding hydrogens is 552 g/mol. The van der Waals surface area contributed by atoms with Gasteiger partial charge in [-0.05, 0) is 60.0 Å². The molecule has 4 nitrogen and oxygen atoms in total. The van der Waals surface area contributed by atoms with E-state index in [4.69, 9.17) is 46.4 Å². The number of nitrogens with one attached hydrogen (secondary N) is 2. The van der Waals surface area contributed by atoms with E-state index in [-0.39, 0.29) is 22.0 Å². The Kier molecular flexibility index (Phi) is 7.35. The van der Waals surface area contributed by atoms with Crippen molar-refractivity contribution in [2.24, 2.45) is 5.92 Å². The molecule has 0 radical (unpaired) electrons. The lowest BCUT2D eigenvalue weighted by Gasteiger charge is -2.11. The molecule has 2 atom stereocenters. The number of halogens is 6. The molecule has 1 aliphatic carbocycles. The van der Waals surface area contributed by atoms with E-state index in [2.05, 4.69) is 17.2 Å². The molecule has 4 rings (SSSR count). The maximum Gasteiger partial charge on any atom is 0.257 e. The van der Waals surface area contributed by atoms with Gasteiger partial charge >= 0.3 is 0 Å². The Morgan fingerprint density at radius 1 is 0.917 bits per heavy atom. The second kappa shape index (κ2) is 10.0. The average molecular weight is 570 g/mol. The lowest BCUT2D eigenvalue weighted by Crippen LogP contribution is -2.18. The number of carbonyl (C=O) groups excluding carboxylic acids is 2. The molecule has 10 heteroatoms. The lowest BCUT2D eigenvalue weighted by atomic mass is 10.0. The minimum Gasteiger partial charge on any atom is -0.326 e. The fourth-order valence-corrected chi connectivity index (χ4v) is 5.30. The van der Waals surface area contributed by atoms with Crippen molar-refractivity contribution in [3.63, 3.8) is 0 Å². The van der Waals surface area contributed by atoms with E-state index in [0.717, 1.165) is 23.3 Å². The van der Waals surface area contributed by atoms with Crippen LogP contribution < -0.4 is 10.6 Å². The quantitative estimate of drug-likeness (QED) is 0.295. The molecule has 1 fully saturated rings. The van der Waals surface area contributed by atoms with E-state index in [1.54, 1.807) is 18.2 Å². The number of amides is 2. The van der Waals surface area contributed by atoms with Gasteiger partial charge in [0.2, 0.25) is 5.91 Å². The van der Waals surface area contributed by atoms with Crippen LogP contribution in [-0.4, -0.2) is 16.1 Å². The van der Waals surface area contributed by atoms with Gasteiger partial charge in [-0.1, -0.05) is 41.9 Å². The molecule has 0 aliphatic heterocycles. The molecule has 2 unspecified atom stereocenters. The van der Waals surface area contributed by atoms with Crippen molar-refractivity contribution in [1.82, 2.24) is 0 Å². The Bertz CT molecular complexity index is 1410. The minimum absolute atomic E-state index is 0.0317. The molecule has 3 aromatic carbocycles. The molecule has 0 heterocycles. The third-order valence-electron chi connectivity index (χ3n) is 5.81. The Morgan fingerprint density at radius 2 is 1.64 bits per heavy atom. The van der Waals surface area contributed by atoms with Gasteiger partial charge in [0.05, 0.1) is 22.2 Å². The lowest BCUT2D eigenvalue weighted by molar-refractivity contribution is -0.117. The van der Waals surface area contributed by atoms with Gasteiger partial charge in [0.15, 0.2) is 0 Å². The fraction of sp³-hybridized carbons (Fsp3) is 0.154. The Balaban J connectivity index is 1.51. The van der Waals surface area contributed by atoms with E-state index in [1.807, 2.05) is 6.92 Å². The summed E-state index contributed by atoms with van der Waals surface area (Å²) in [7, 11) is 0. The molecule has 2 amide bonds. The maximum absolute atomic E-state index is 13.9. The Morgan fingerprint density at radius 3 is 2.28 bits per heavy atom. The summed E-state index contributed by atoms with van der Waals surface area (Å²) < 4.78 is 25.7. The standard InChI is InChI=1S/C26H18Cl4F2N2O2/c1-12(2)16-6-3-13(9-19(16)28)22-23(26(22,29)30)25(36)33-15-5-7-18(27)17(11-15)24(35)34-21-8-4-14(31)10-20(21)32/h3-11,22-23H,1H2,2H3,(H,33,36)(H,34,35). The fourth-order valence-electron chi connectivity index (χ4n) is 3.92. The van der Waals surface area contributed by atoms with Gasteiger partial charge in [0.25, 0.3) is 5.91 Å². The smallest absolute Gasteiger partial charge is 0.257 e. The first-order valence-electron chi connectivity index (χ1n) is 10.6. The molecule has 1 saturated carbocycles. The highest BCUT2D eigenvalue weighted by Gasteiger charge is 2.67. The summed E-state index contributed by atoms with van der Waals surface area (Å²) in [6.07, 6.45) is 0. The van der Waals surface area contributed by atoms with Crippen molar-refractivity contribution in [3.05, 3.63) is 99.5 Å². The number of benzene rings is 3. The summed E-state index contributed by atoms with van der Waals surface area (Å²) in [5.41, 5.74) is 2.27. The van der Waals surface area contributed by atoms with Crippen molar-refractivity contribution >= 4 is 75.2 Å². The zero-order valence-electron chi connectivity index (χ0n) is 18.6. The van der Waals surface area contributed by atoms with E-state index >= 15 is 0 Å². The first kappa shape index (κ1) is 26.4. The summed E-state index contributed by atoms with van der Waals surface area (Å²) >= 11 is 25.4. The predicted molar refractivity (Wildman–Crippen MR) is 141 cm³/mol. The molecule has 0 spiro atoms. The van der Waals surface area contributed by atoms with Gasteiger partial charge in [-0.15, -0.1) is 23.2 Å². The van der Waals surface area contributed by atoms with Crippen LogP contribution in [0.4, 0.5) is 20.2 Å². The zero-order valence-corrected chi connectivity index (χ0v) is 21.7. The van der Waals surface area contributed by atoms with E-state index < -0.39 is 39.6 Å². The van der Waals surface area contributed by atoms with Gasteiger partial charge in [-0.3, -0.25) is 9.59 Å². The number of anilines is 2.